The number of hydrogen-bond donors (Lipinski definition) is 2. The molecule has 9 nitrogen and oxygen atoms in total. The van der Waals surface area contributed by atoms with Gasteiger partial charge >= 0.3 is 6.97 Å². The first-order valence-corrected chi connectivity index (χ1v) is 15.8. The number of carbonyl (C=O) groups is 2. The smallest absolute Gasteiger partial charge is 0.405 e. The Kier molecular flexibility index (Phi) is 7.66. The van der Waals surface area contributed by atoms with Crippen LogP contribution in [-0.4, -0.2) is 75.5 Å². The summed E-state index contributed by atoms with van der Waals surface area (Å²) < 4.78 is 47.6. The first kappa shape index (κ1) is 30.7. The summed E-state index contributed by atoms with van der Waals surface area (Å²) in [6, 6.07) is 14.4. The number of nitrogens with zero attached hydrogens (tertiary/aromatic N) is 4. The second-order valence-corrected chi connectivity index (χ2v) is 12.6. The van der Waals surface area contributed by atoms with E-state index < -0.39 is 18.7 Å². The molecular formula is C34H34BF3N6O3. The molecule has 0 spiro atoms. The second-order valence-electron chi connectivity index (χ2n) is 12.6. The highest BCUT2D eigenvalue weighted by Crippen LogP contribution is 2.28. The molecule has 2 N–H and O–H groups in total. The number of carbonyl (C=O) groups excluding carboxylic acids is 2. The fourth-order valence-corrected chi connectivity index (χ4v) is 7.31. The number of quaternary nitrogens is 1. The molecule has 0 radical (unpaired) electrons. The van der Waals surface area contributed by atoms with Crippen molar-refractivity contribution in [2.45, 2.75) is 39.2 Å². The quantitative estimate of drug-likeness (QED) is 0.316. The predicted molar refractivity (Wildman–Crippen MR) is 172 cm³/mol. The van der Waals surface area contributed by atoms with Crippen molar-refractivity contribution in [2.75, 3.05) is 26.2 Å². The van der Waals surface area contributed by atoms with Crippen LogP contribution < -0.4 is 10.4 Å². The van der Waals surface area contributed by atoms with Gasteiger partial charge in [0, 0.05) is 61.7 Å². The molecule has 4 aromatic rings. The van der Waals surface area contributed by atoms with Crippen molar-refractivity contribution < 1.29 is 27.4 Å². The van der Waals surface area contributed by atoms with E-state index in [1.807, 2.05) is 25.1 Å². The molecule has 47 heavy (non-hydrogen) atoms. The average molecular weight is 642 g/mol. The number of H-pyrrole nitrogens is 1. The number of aryl methyl sites for hydroxylation is 1. The molecular weight excluding hydrogens is 608 g/mol. The van der Waals surface area contributed by atoms with E-state index in [4.69, 9.17) is 0 Å². The molecule has 0 saturated carbocycles. The number of rotatable bonds is 6. The number of amides is 2. The zero-order chi connectivity index (χ0) is 33.0. The molecule has 2 aromatic heterocycles. The van der Waals surface area contributed by atoms with Crippen LogP contribution in [0.15, 0.2) is 76.7 Å². The zero-order valence-electron chi connectivity index (χ0n) is 26.1. The Morgan fingerprint density at radius 2 is 1.74 bits per heavy atom. The highest BCUT2D eigenvalue weighted by atomic mass is 19.2. The largest absolute Gasteiger partial charge is 0.664 e. The molecule has 1 fully saturated rings. The standard InChI is InChI=1S/C34H34BF3N6O3/c1-21-17-22(2)43-31(21)20-25-9-8-24(44(25)35(43,37)38)10-12-32(45)41-13-15-42(16-14-41)34(47)28-18-23(7-11-29(28)36)19-30-26-5-3-4-6-27(26)33(46)40-39-30/h3-9,11,17-18,20,22,43H,10,12-16,19H2,1-2H3,(H,40,46). The molecule has 1 saturated heterocycles. The Morgan fingerprint density at radius 3 is 2.51 bits per heavy atom. The number of aromatic nitrogens is 3. The third-order valence-electron chi connectivity index (χ3n) is 9.67. The van der Waals surface area contributed by atoms with Gasteiger partial charge in [0.15, 0.2) is 0 Å². The summed E-state index contributed by atoms with van der Waals surface area (Å²) in [6.07, 6.45) is 4.20. The minimum Gasteiger partial charge on any atom is -0.405 e. The molecule has 3 aliphatic heterocycles. The number of allylic oxidation sites excluding steroid dienone is 1. The summed E-state index contributed by atoms with van der Waals surface area (Å²) in [6.45, 7) is 0.631. The van der Waals surface area contributed by atoms with E-state index >= 15 is 8.63 Å². The van der Waals surface area contributed by atoms with Crippen molar-refractivity contribution in [1.29, 1.82) is 0 Å². The Labute approximate surface area is 269 Å². The Hall–Kier alpha value is -4.91. The topological polar surface area (TPSA) is 95.7 Å². The van der Waals surface area contributed by atoms with Gasteiger partial charge in [-0.05, 0) is 67.9 Å². The number of hydrogen-bond acceptors (Lipinski definition) is 4. The van der Waals surface area contributed by atoms with Crippen molar-refractivity contribution in [1.82, 2.24) is 24.5 Å². The molecule has 2 unspecified atom stereocenters. The molecule has 2 amide bonds. The van der Waals surface area contributed by atoms with Crippen LogP contribution in [-0.2, 0) is 17.6 Å². The summed E-state index contributed by atoms with van der Waals surface area (Å²) in [7, 11) is 0. The maximum absolute atomic E-state index is 15.8. The lowest BCUT2D eigenvalue weighted by Crippen LogP contribution is -3.23. The van der Waals surface area contributed by atoms with Gasteiger partial charge in [-0.15, -0.1) is 0 Å². The van der Waals surface area contributed by atoms with E-state index in [1.54, 1.807) is 48.2 Å². The second kappa shape index (κ2) is 11.7. The monoisotopic (exact) mass is 642 g/mol. The highest BCUT2D eigenvalue weighted by Gasteiger charge is 2.53. The van der Waals surface area contributed by atoms with Crippen LogP contribution in [0.1, 0.15) is 53.3 Å². The minimum atomic E-state index is -3.98. The number of aromatic amines is 1. The van der Waals surface area contributed by atoms with E-state index in [0.29, 0.717) is 39.1 Å². The zero-order valence-corrected chi connectivity index (χ0v) is 26.1. The highest BCUT2D eigenvalue weighted by molar-refractivity contribution is 6.56. The van der Waals surface area contributed by atoms with E-state index in [2.05, 4.69) is 10.2 Å². The summed E-state index contributed by atoms with van der Waals surface area (Å²) in [4.78, 5) is 42.0. The molecule has 3 aliphatic rings. The lowest BCUT2D eigenvalue weighted by atomic mass is 9.87. The van der Waals surface area contributed by atoms with Gasteiger partial charge in [-0.1, -0.05) is 24.3 Å². The van der Waals surface area contributed by atoms with Crippen molar-refractivity contribution in [3.8, 4) is 0 Å². The van der Waals surface area contributed by atoms with Gasteiger partial charge in [0.1, 0.15) is 5.82 Å². The van der Waals surface area contributed by atoms with Gasteiger partial charge in [0.2, 0.25) is 5.91 Å². The summed E-state index contributed by atoms with van der Waals surface area (Å²) in [5.41, 5.74) is 3.24. The SMILES string of the molecule is CC1=CC(C)[NH+]2C1=Cc1ccc(CCC(=O)N3CCN(C(=O)c4cc(Cc5n[nH]c(=O)c6ccccc56)ccc4F)CC3)n1[B-]2(F)F. The first-order valence-electron chi connectivity index (χ1n) is 15.8. The lowest BCUT2D eigenvalue weighted by Gasteiger charge is -2.41. The molecule has 242 valence electrons. The normalized spacial score (nSPS) is 20.1. The Bertz CT molecular complexity index is 2050. The predicted octanol–water partition coefficient (Wildman–Crippen LogP) is 3.18. The van der Waals surface area contributed by atoms with Crippen LogP contribution in [0.4, 0.5) is 13.0 Å². The molecule has 2 atom stereocenters. The van der Waals surface area contributed by atoms with E-state index in [1.165, 1.54) is 17.0 Å². The summed E-state index contributed by atoms with van der Waals surface area (Å²) in [5, 5.41) is 7.86. The van der Waals surface area contributed by atoms with Gasteiger partial charge < -0.3 is 27.7 Å². The molecule has 2 aromatic carbocycles. The number of halogens is 3. The van der Waals surface area contributed by atoms with E-state index in [0.717, 1.165) is 10.1 Å². The lowest BCUT2D eigenvalue weighted by molar-refractivity contribution is -0.780. The first-order chi connectivity index (χ1) is 22.5. The molecule has 0 bridgehead atoms. The van der Waals surface area contributed by atoms with Crippen LogP contribution >= 0.6 is 0 Å². The van der Waals surface area contributed by atoms with Crippen LogP contribution in [0, 0.1) is 5.82 Å². The Balaban J connectivity index is 0.986. The molecule has 5 heterocycles. The number of nitrogens with one attached hydrogen (secondary N) is 2. The van der Waals surface area contributed by atoms with Gasteiger partial charge in [0.05, 0.1) is 28.4 Å². The number of fused-ring (bicyclic) bond motifs is 3. The minimum absolute atomic E-state index is 0.0619. The van der Waals surface area contributed by atoms with Crippen molar-refractivity contribution in [3.63, 3.8) is 0 Å². The summed E-state index contributed by atoms with van der Waals surface area (Å²) in [5.74, 6) is -1.30. The van der Waals surface area contributed by atoms with Gasteiger partial charge in [0.25, 0.3) is 11.5 Å². The maximum Gasteiger partial charge on any atom is 0.664 e. The van der Waals surface area contributed by atoms with Gasteiger partial charge in [-0.2, -0.15) is 5.10 Å². The fraction of sp³-hybridized carbons (Fsp3) is 0.294. The van der Waals surface area contributed by atoms with Crippen LogP contribution in [0.25, 0.3) is 16.8 Å². The van der Waals surface area contributed by atoms with Crippen molar-refractivity contribution in [2.24, 2.45) is 0 Å². The van der Waals surface area contributed by atoms with Crippen LogP contribution in [0.2, 0.25) is 0 Å². The van der Waals surface area contributed by atoms with Crippen LogP contribution in [0.3, 0.4) is 0 Å². The Morgan fingerprint density at radius 1 is 1.02 bits per heavy atom. The van der Waals surface area contributed by atoms with Crippen molar-refractivity contribution in [3.05, 3.63) is 116 Å². The average Bonchev–Trinajstić information content (AvgIpc) is 3.62. The third kappa shape index (κ3) is 5.38. The van der Waals surface area contributed by atoms with Gasteiger partial charge in [-0.25, -0.2) is 9.49 Å². The van der Waals surface area contributed by atoms with Crippen LogP contribution in [0.5, 0.6) is 0 Å². The third-order valence-corrected chi connectivity index (χ3v) is 9.67. The molecule has 13 heteroatoms. The van der Waals surface area contributed by atoms with E-state index in [9.17, 15) is 18.8 Å². The molecule has 7 rings (SSSR count). The number of benzene rings is 2. The van der Waals surface area contributed by atoms with E-state index in [-0.39, 0.29) is 73.3 Å². The fourth-order valence-electron chi connectivity index (χ4n) is 7.31. The summed E-state index contributed by atoms with van der Waals surface area (Å²) >= 11 is 0. The van der Waals surface area contributed by atoms with Crippen molar-refractivity contribution >= 4 is 35.6 Å². The molecule has 0 aliphatic carbocycles. The number of piperazine rings is 1. The maximum atomic E-state index is 15.8. The van der Waals surface area contributed by atoms with Gasteiger partial charge in [-0.3, -0.25) is 14.4 Å².